The summed E-state index contributed by atoms with van der Waals surface area (Å²) in [5.74, 6) is -0.404. The fraction of sp³-hybridized carbons (Fsp3) is 0.261. The van der Waals surface area contributed by atoms with E-state index in [9.17, 15) is 19.5 Å². The normalized spacial score (nSPS) is 10.9. The topological polar surface area (TPSA) is 106 Å². The van der Waals surface area contributed by atoms with E-state index in [0.717, 1.165) is 0 Å². The Morgan fingerprint density at radius 2 is 1.97 bits per heavy atom. The summed E-state index contributed by atoms with van der Waals surface area (Å²) in [7, 11) is 1.56. The van der Waals surface area contributed by atoms with Crippen LogP contribution in [0.15, 0.2) is 39.5 Å². The van der Waals surface area contributed by atoms with E-state index in [1.54, 1.807) is 44.4 Å². The third-order valence-corrected chi connectivity index (χ3v) is 5.07. The number of ether oxygens (including phenoxy) is 1. The molecular formula is C23H23NO6. The third kappa shape index (κ3) is 3.84. The molecule has 156 valence electrons. The minimum Gasteiger partial charge on any atom is -0.507 e. The molecule has 30 heavy (non-hydrogen) atoms. The molecule has 3 rings (SSSR count). The van der Waals surface area contributed by atoms with Crippen molar-refractivity contribution in [1.82, 2.24) is 5.32 Å². The molecule has 0 aliphatic heterocycles. The number of rotatable bonds is 7. The van der Waals surface area contributed by atoms with Crippen LogP contribution in [0.1, 0.15) is 38.8 Å². The molecule has 0 saturated heterocycles. The van der Waals surface area contributed by atoms with Gasteiger partial charge in [0, 0.05) is 24.6 Å². The number of aryl methyl sites for hydroxylation is 2. The molecule has 7 heteroatoms. The van der Waals surface area contributed by atoms with Gasteiger partial charge in [-0.2, -0.15) is 0 Å². The quantitative estimate of drug-likeness (QED) is 0.353. The molecule has 3 aromatic rings. The summed E-state index contributed by atoms with van der Waals surface area (Å²) in [6.45, 7) is 4.45. The first-order valence-corrected chi connectivity index (χ1v) is 9.57. The fourth-order valence-corrected chi connectivity index (χ4v) is 3.42. The predicted molar refractivity (Wildman–Crippen MR) is 113 cm³/mol. The SMILES string of the molecule is CCc1cc2c(C)c(-c3ccc(C(=O)NCCOC)cc3)c(=O)oc2c(C=O)c1O. The van der Waals surface area contributed by atoms with Gasteiger partial charge in [0.2, 0.25) is 0 Å². The van der Waals surface area contributed by atoms with Crippen LogP contribution in [0, 0.1) is 6.92 Å². The molecule has 0 bridgehead atoms. The summed E-state index contributed by atoms with van der Waals surface area (Å²) in [5.41, 5.74) is 2.04. The summed E-state index contributed by atoms with van der Waals surface area (Å²) in [6.07, 6.45) is 1.01. The molecule has 0 aliphatic rings. The maximum absolute atomic E-state index is 12.7. The van der Waals surface area contributed by atoms with Gasteiger partial charge in [-0.25, -0.2) is 4.79 Å². The van der Waals surface area contributed by atoms with Gasteiger partial charge in [0.25, 0.3) is 5.91 Å². The maximum Gasteiger partial charge on any atom is 0.344 e. The van der Waals surface area contributed by atoms with Crippen LogP contribution >= 0.6 is 0 Å². The van der Waals surface area contributed by atoms with E-state index in [0.29, 0.717) is 59.1 Å². The third-order valence-electron chi connectivity index (χ3n) is 5.07. The molecule has 0 aliphatic carbocycles. The first-order chi connectivity index (χ1) is 14.4. The zero-order valence-electron chi connectivity index (χ0n) is 17.1. The maximum atomic E-state index is 12.7. The summed E-state index contributed by atoms with van der Waals surface area (Å²) in [4.78, 5) is 36.4. The number of hydrogen-bond donors (Lipinski definition) is 2. The van der Waals surface area contributed by atoms with Crippen molar-refractivity contribution in [2.24, 2.45) is 0 Å². The number of benzene rings is 2. The van der Waals surface area contributed by atoms with E-state index in [1.165, 1.54) is 0 Å². The number of aromatic hydroxyl groups is 1. The van der Waals surface area contributed by atoms with E-state index in [4.69, 9.17) is 9.15 Å². The van der Waals surface area contributed by atoms with Crippen molar-refractivity contribution in [2.45, 2.75) is 20.3 Å². The van der Waals surface area contributed by atoms with E-state index < -0.39 is 5.63 Å². The van der Waals surface area contributed by atoms with Crippen molar-refractivity contribution in [1.29, 1.82) is 0 Å². The van der Waals surface area contributed by atoms with Crippen LogP contribution in [0.5, 0.6) is 5.75 Å². The summed E-state index contributed by atoms with van der Waals surface area (Å²) in [5, 5.41) is 13.6. The largest absolute Gasteiger partial charge is 0.507 e. The van der Waals surface area contributed by atoms with Crippen molar-refractivity contribution in [3.63, 3.8) is 0 Å². The molecule has 1 heterocycles. The Labute approximate surface area is 173 Å². The van der Waals surface area contributed by atoms with E-state index >= 15 is 0 Å². The summed E-state index contributed by atoms with van der Waals surface area (Å²) >= 11 is 0. The molecule has 0 radical (unpaired) electrons. The number of phenols is 1. The lowest BCUT2D eigenvalue weighted by atomic mass is 9.95. The molecule has 0 spiro atoms. The van der Waals surface area contributed by atoms with Crippen molar-refractivity contribution >= 4 is 23.2 Å². The number of methoxy groups -OCH3 is 1. The molecule has 7 nitrogen and oxygen atoms in total. The second kappa shape index (κ2) is 8.92. The van der Waals surface area contributed by atoms with E-state index in [1.807, 2.05) is 6.92 Å². The van der Waals surface area contributed by atoms with E-state index in [-0.39, 0.29) is 22.8 Å². The lowest BCUT2D eigenvalue weighted by molar-refractivity contribution is 0.0937. The van der Waals surface area contributed by atoms with Crippen molar-refractivity contribution < 1.29 is 23.8 Å². The van der Waals surface area contributed by atoms with Gasteiger partial charge in [0.1, 0.15) is 5.75 Å². The minimum absolute atomic E-state index is 0.0285. The highest BCUT2D eigenvalue weighted by Crippen LogP contribution is 2.34. The van der Waals surface area contributed by atoms with Gasteiger partial charge >= 0.3 is 5.63 Å². The summed E-state index contributed by atoms with van der Waals surface area (Å²) < 4.78 is 10.3. The first-order valence-electron chi connectivity index (χ1n) is 9.57. The van der Waals surface area contributed by atoms with Crippen LogP contribution in [0.2, 0.25) is 0 Å². The standard InChI is InChI=1S/C23H23NO6/c1-4-14-11-17-13(2)19(23(28)30-21(17)18(12-25)20(14)26)15-5-7-16(8-6-15)22(27)24-9-10-29-3/h5-8,11-12,26H,4,9-10H2,1-3H3,(H,24,27). The van der Waals surface area contributed by atoms with Gasteiger partial charge in [0.15, 0.2) is 11.9 Å². The molecule has 1 aromatic heterocycles. The number of fused-ring (bicyclic) bond motifs is 1. The number of phenolic OH excluding ortho intramolecular Hbond substituents is 1. The van der Waals surface area contributed by atoms with Crippen molar-refractivity contribution in [2.75, 3.05) is 20.3 Å². The van der Waals surface area contributed by atoms with E-state index in [2.05, 4.69) is 5.32 Å². The highest BCUT2D eigenvalue weighted by Gasteiger charge is 2.20. The van der Waals surface area contributed by atoms with Crippen molar-refractivity contribution in [3.05, 3.63) is 63.0 Å². The van der Waals surface area contributed by atoms with Crippen LogP contribution < -0.4 is 10.9 Å². The highest BCUT2D eigenvalue weighted by molar-refractivity contribution is 6.01. The number of carbonyl (C=O) groups is 2. The molecule has 2 aromatic carbocycles. The second-order valence-electron chi connectivity index (χ2n) is 6.86. The zero-order valence-corrected chi connectivity index (χ0v) is 17.1. The Morgan fingerprint density at radius 3 is 2.57 bits per heavy atom. The van der Waals surface area contributed by atoms with Gasteiger partial charge in [-0.05, 0) is 48.2 Å². The molecule has 1 amide bonds. The first kappa shape index (κ1) is 21.3. The average molecular weight is 409 g/mol. The highest BCUT2D eigenvalue weighted by atomic mass is 16.5. The molecule has 0 fully saturated rings. The van der Waals surface area contributed by atoms with Crippen LogP contribution in [0.3, 0.4) is 0 Å². The Hall–Kier alpha value is -3.45. The lowest BCUT2D eigenvalue weighted by Gasteiger charge is -2.13. The fourth-order valence-electron chi connectivity index (χ4n) is 3.42. The Morgan fingerprint density at radius 1 is 1.27 bits per heavy atom. The van der Waals surface area contributed by atoms with Gasteiger partial charge in [0.05, 0.1) is 17.7 Å². The number of nitrogens with one attached hydrogen (secondary N) is 1. The van der Waals surface area contributed by atoms with Gasteiger partial charge in [-0.3, -0.25) is 9.59 Å². The smallest absolute Gasteiger partial charge is 0.344 e. The Bertz CT molecular complexity index is 1160. The average Bonchev–Trinajstić information content (AvgIpc) is 2.74. The molecule has 0 atom stereocenters. The zero-order chi connectivity index (χ0) is 21.8. The molecule has 2 N–H and O–H groups in total. The predicted octanol–water partition coefficient (Wildman–Crippen LogP) is 3.23. The minimum atomic E-state index is -0.621. The van der Waals surface area contributed by atoms with Gasteiger partial charge < -0.3 is 19.6 Å². The second-order valence-corrected chi connectivity index (χ2v) is 6.86. The number of amides is 1. The molecular weight excluding hydrogens is 386 g/mol. The van der Waals surface area contributed by atoms with Gasteiger partial charge in [-0.15, -0.1) is 0 Å². The van der Waals surface area contributed by atoms with Crippen LogP contribution in [-0.2, 0) is 11.2 Å². The number of aldehydes is 1. The number of carbonyl (C=O) groups excluding carboxylic acids is 2. The molecule has 0 unspecified atom stereocenters. The van der Waals surface area contributed by atoms with Crippen molar-refractivity contribution in [3.8, 4) is 16.9 Å². The summed E-state index contributed by atoms with van der Waals surface area (Å²) in [6, 6.07) is 8.35. The van der Waals surface area contributed by atoms with Crippen LogP contribution in [0.4, 0.5) is 0 Å². The van der Waals surface area contributed by atoms with Crippen LogP contribution in [0.25, 0.3) is 22.1 Å². The Balaban J connectivity index is 2.08. The molecule has 0 saturated carbocycles. The Kier molecular flexibility index (Phi) is 6.32. The lowest BCUT2D eigenvalue weighted by Crippen LogP contribution is -2.26. The van der Waals surface area contributed by atoms with Crippen LogP contribution in [-0.4, -0.2) is 37.6 Å². The van der Waals surface area contributed by atoms with Gasteiger partial charge in [-0.1, -0.05) is 19.1 Å². The number of hydrogen-bond acceptors (Lipinski definition) is 6. The monoisotopic (exact) mass is 409 g/mol.